The summed E-state index contributed by atoms with van der Waals surface area (Å²) in [4.78, 5) is 12.4. The SMILES string of the molecule is CCC/C=C\C/C=C\CCCCCCCC(=O)NC(CS(=O)(=O)O)C(O)/C=C/CC/C=C/CC/C=C/CCCC. The van der Waals surface area contributed by atoms with E-state index in [1.54, 1.807) is 6.08 Å². The van der Waals surface area contributed by atoms with Crippen LogP contribution in [0.15, 0.2) is 60.8 Å². The van der Waals surface area contributed by atoms with Crippen LogP contribution in [0, 0.1) is 0 Å². The van der Waals surface area contributed by atoms with E-state index in [1.165, 1.54) is 25.3 Å². The van der Waals surface area contributed by atoms with Crippen LogP contribution in [0.5, 0.6) is 0 Å². The summed E-state index contributed by atoms with van der Waals surface area (Å²) >= 11 is 0. The highest BCUT2D eigenvalue weighted by molar-refractivity contribution is 7.85. The Hall–Kier alpha value is -1.96. The van der Waals surface area contributed by atoms with Crippen molar-refractivity contribution in [1.82, 2.24) is 5.32 Å². The maximum Gasteiger partial charge on any atom is 0.267 e. The number of carbonyl (C=O) groups is 1. The lowest BCUT2D eigenvalue weighted by atomic mass is 10.1. The number of aliphatic hydroxyl groups is 1. The average molecular weight is 580 g/mol. The monoisotopic (exact) mass is 579 g/mol. The van der Waals surface area contributed by atoms with Crippen LogP contribution in [0.4, 0.5) is 0 Å². The van der Waals surface area contributed by atoms with Crippen LogP contribution < -0.4 is 5.32 Å². The molecular weight excluding hydrogens is 522 g/mol. The van der Waals surface area contributed by atoms with E-state index in [4.69, 9.17) is 0 Å². The van der Waals surface area contributed by atoms with Gasteiger partial charge in [0.2, 0.25) is 5.91 Å². The first-order valence-corrected chi connectivity index (χ1v) is 17.1. The van der Waals surface area contributed by atoms with Crippen molar-refractivity contribution >= 4 is 16.0 Å². The number of carbonyl (C=O) groups excluding carboxylic acids is 1. The van der Waals surface area contributed by atoms with E-state index >= 15 is 0 Å². The van der Waals surface area contributed by atoms with Gasteiger partial charge in [-0.25, -0.2) is 0 Å². The van der Waals surface area contributed by atoms with Crippen molar-refractivity contribution in [2.75, 3.05) is 5.75 Å². The minimum absolute atomic E-state index is 0.265. The summed E-state index contributed by atoms with van der Waals surface area (Å²) in [6.45, 7) is 4.36. The maximum atomic E-state index is 12.4. The second kappa shape index (κ2) is 27.2. The molecular formula is C33H57NO5S. The molecule has 3 N–H and O–H groups in total. The quantitative estimate of drug-likeness (QED) is 0.0545. The first-order chi connectivity index (χ1) is 19.3. The molecule has 0 aromatic carbocycles. The zero-order valence-corrected chi connectivity index (χ0v) is 26.0. The van der Waals surface area contributed by atoms with Gasteiger partial charge in [-0.15, -0.1) is 0 Å². The maximum absolute atomic E-state index is 12.4. The van der Waals surface area contributed by atoms with Gasteiger partial charge < -0.3 is 10.4 Å². The van der Waals surface area contributed by atoms with Crippen molar-refractivity contribution in [2.45, 2.75) is 135 Å². The van der Waals surface area contributed by atoms with Gasteiger partial charge >= 0.3 is 0 Å². The molecule has 0 aliphatic carbocycles. The summed E-state index contributed by atoms with van der Waals surface area (Å²) in [7, 11) is -4.35. The van der Waals surface area contributed by atoms with Crippen LogP contribution in [0.2, 0.25) is 0 Å². The Morgan fingerprint density at radius 1 is 0.675 bits per heavy atom. The number of amides is 1. The third kappa shape index (κ3) is 27.6. The molecule has 0 rings (SSSR count). The Bertz CT molecular complexity index is 858. The molecule has 0 aliphatic rings. The van der Waals surface area contributed by atoms with Crippen LogP contribution >= 0.6 is 0 Å². The fraction of sp³-hybridized carbons (Fsp3) is 0.667. The predicted octanol–water partition coefficient (Wildman–Crippen LogP) is 8.17. The van der Waals surface area contributed by atoms with Crippen LogP contribution in [-0.4, -0.2) is 41.9 Å². The Balaban J connectivity index is 4.21. The van der Waals surface area contributed by atoms with E-state index in [9.17, 15) is 22.9 Å². The Kier molecular flexibility index (Phi) is 25.9. The average Bonchev–Trinajstić information content (AvgIpc) is 2.90. The van der Waals surface area contributed by atoms with Crippen molar-refractivity contribution in [3.05, 3.63) is 60.8 Å². The largest absolute Gasteiger partial charge is 0.387 e. The van der Waals surface area contributed by atoms with Gasteiger partial charge in [0.15, 0.2) is 0 Å². The molecule has 1 amide bonds. The lowest BCUT2D eigenvalue weighted by Crippen LogP contribution is -2.46. The number of unbranched alkanes of at least 4 members (excludes halogenated alkanes) is 10. The summed E-state index contributed by atoms with van der Waals surface area (Å²) in [5.74, 6) is -1.04. The van der Waals surface area contributed by atoms with Gasteiger partial charge in [0, 0.05) is 6.42 Å². The highest BCUT2D eigenvalue weighted by Gasteiger charge is 2.24. The zero-order chi connectivity index (χ0) is 29.7. The van der Waals surface area contributed by atoms with Crippen LogP contribution in [0.3, 0.4) is 0 Å². The molecule has 7 heteroatoms. The fourth-order valence-corrected chi connectivity index (χ4v) is 4.77. The Labute approximate surface area is 245 Å². The molecule has 0 aromatic rings. The Morgan fingerprint density at radius 2 is 1.20 bits per heavy atom. The second-order valence-corrected chi connectivity index (χ2v) is 11.9. The number of allylic oxidation sites excluding steroid dienone is 9. The molecule has 0 spiro atoms. The normalized spacial score (nSPS) is 14.4. The van der Waals surface area contributed by atoms with Crippen molar-refractivity contribution in [3.63, 3.8) is 0 Å². The molecule has 0 radical (unpaired) electrons. The molecule has 0 aliphatic heterocycles. The summed E-state index contributed by atoms with van der Waals surface area (Å²) < 4.78 is 32.2. The number of nitrogens with one attached hydrogen (secondary N) is 1. The van der Waals surface area contributed by atoms with Gasteiger partial charge in [-0.05, 0) is 64.2 Å². The Morgan fingerprint density at radius 3 is 1.82 bits per heavy atom. The molecule has 0 bridgehead atoms. The van der Waals surface area contributed by atoms with Crippen LogP contribution in [0.25, 0.3) is 0 Å². The van der Waals surface area contributed by atoms with E-state index in [1.807, 2.05) is 0 Å². The lowest BCUT2D eigenvalue weighted by Gasteiger charge is -2.21. The molecule has 0 aromatic heterocycles. The molecule has 0 heterocycles. The number of aliphatic hydroxyl groups excluding tert-OH is 1. The van der Waals surface area contributed by atoms with Gasteiger partial charge in [0.1, 0.15) is 0 Å². The first kappa shape index (κ1) is 38.0. The van der Waals surface area contributed by atoms with Crippen molar-refractivity contribution in [3.8, 4) is 0 Å². The van der Waals surface area contributed by atoms with Gasteiger partial charge in [-0.1, -0.05) is 113 Å². The third-order valence-electron chi connectivity index (χ3n) is 6.38. The molecule has 40 heavy (non-hydrogen) atoms. The molecule has 6 nitrogen and oxygen atoms in total. The van der Waals surface area contributed by atoms with E-state index in [2.05, 4.69) is 67.8 Å². The van der Waals surface area contributed by atoms with Gasteiger partial charge in [0.05, 0.1) is 17.9 Å². The van der Waals surface area contributed by atoms with Crippen LogP contribution in [-0.2, 0) is 14.9 Å². The number of rotatable bonds is 26. The van der Waals surface area contributed by atoms with Crippen molar-refractivity contribution in [2.24, 2.45) is 0 Å². The minimum Gasteiger partial charge on any atom is -0.387 e. The minimum atomic E-state index is -4.35. The summed E-state index contributed by atoms with van der Waals surface area (Å²) in [5, 5.41) is 13.1. The predicted molar refractivity (Wildman–Crippen MR) is 170 cm³/mol. The molecule has 2 unspecified atom stereocenters. The number of hydrogen-bond acceptors (Lipinski definition) is 4. The summed E-state index contributed by atoms with van der Waals surface area (Å²) in [6.07, 6.45) is 36.3. The molecule has 0 saturated carbocycles. The lowest BCUT2D eigenvalue weighted by molar-refractivity contribution is -0.122. The zero-order valence-electron chi connectivity index (χ0n) is 25.2. The standard InChI is InChI=1S/C33H57NO5S/c1-3-5-7-9-11-13-15-17-19-21-23-25-27-29-33(36)34-31(30-40(37,38)39)32(35)28-26-24-22-20-18-16-14-12-10-8-6-4-2/h7,9-10,12-13,15,18,20,26,28,31-32,35H,3-6,8,11,14,16-17,19,21-25,27,29-30H2,1-2H3,(H,34,36)(H,37,38,39)/b9-7-,12-10+,15-13-,20-18+,28-26+. The van der Waals surface area contributed by atoms with Crippen molar-refractivity contribution in [1.29, 1.82) is 0 Å². The highest BCUT2D eigenvalue weighted by atomic mass is 32.2. The van der Waals surface area contributed by atoms with Crippen molar-refractivity contribution < 1.29 is 22.9 Å². The smallest absolute Gasteiger partial charge is 0.267 e. The molecule has 0 fully saturated rings. The van der Waals surface area contributed by atoms with Gasteiger partial charge in [-0.3, -0.25) is 9.35 Å². The molecule has 0 saturated heterocycles. The molecule has 230 valence electrons. The molecule has 2 atom stereocenters. The topological polar surface area (TPSA) is 104 Å². The third-order valence-corrected chi connectivity index (χ3v) is 7.16. The first-order valence-electron chi connectivity index (χ1n) is 15.5. The van der Waals surface area contributed by atoms with E-state index < -0.39 is 28.0 Å². The van der Waals surface area contributed by atoms with Gasteiger partial charge in [-0.2, -0.15) is 8.42 Å². The highest BCUT2D eigenvalue weighted by Crippen LogP contribution is 2.09. The fourth-order valence-electron chi connectivity index (χ4n) is 4.03. The van der Waals surface area contributed by atoms with E-state index in [0.717, 1.165) is 70.6 Å². The number of hydrogen-bond donors (Lipinski definition) is 3. The second-order valence-electron chi connectivity index (χ2n) is 10.4. The van der Waals surface area contributed by atoms with E-state index in [-0.39, 0.29) is 12.3 Å². The van der Waals surface area contributed by atoms with Crippen LogP contribution in [0.1, 0.15) is 123 Å². The van der Waals surface area contributed by atoms with Gasteiger partial charge in [0.25, 0.3) is 10.1 Å². The summed E-state index contributed by atoms with van der Waals surface area (Å²) in [5.41, 5.74) is 0. The summed E-state index contributed by atoms with van der Waals surface area (Å²) in [6, 6.07) is -1.09. The van der Waals surface area contributed by atoms with E-state index in [0.29, 0.717) is 12.8 Å².